The van der Waals surface area contributed by atoms with Crippen molar-refractivity contribution in [3.8, 4) is 0 Å². The molecule has 0 unspecified atom stereocenters. The number of benzene rings is 1. The van der Waals surface area contributed by atoms with E-state index in [0.29, 0.717) is 12.3 Å². The molecule has 0 spiro atoms. The van der Waals surface area contributed by atoms with Gasteiger partial charge in [0.1, 0.15) is 0 Å². The van der Waals surface area contributed by atoms with E-state index in [1.165, 1.54) is 0 Å². The molecule has 3 nitrogen and oxygen atoms in total. The molecule has 1 saturated heterocycles. The Labute approximate surface area is 109 Å². The van der Waals surface area contributed by atoms with Crippen LogP contribution in [0, 0.1) is 5.92 Å². The Kier molecular flexibility index (Phi) is 3.71. The molecule has 1 aliphatic rings. The Bertz CT molecular complexity index is 418. The zero-order valence-corrected chi connectivity index (χ0v) is 11.3. The summed E-state index contributed by atoms with van der Waals surface area (Å²) < 4.78 is 5.84. The number of carbonyl (C=O) groups excluding carboxylic acids is 1. The standard InChI is InChI=1S/C15H21NO2/c1-4-14(17)18-15(11-16(3)10-12(15)2)13-8-6-5-7-9-13/h5-9,12H,4,10-11H2,1-3H3/t12-,15+/m1/s1. The van der Waals surface area contributed by atoms with Gasteiger partial charge in [0.05, 0.1) is 0 Å². The first-order valence-corrected chi connectivity index (χ1v) is 6.54. The molecule has 0 radical (unpaired) electrons. The molecule has 0 amide bonds. The topological polar surface area (TPSA) is 29.5 Å². The number of carbonyl (C=O) groups is 1. The zero-order chi connectivity index (χ0) is 13.2. The molecular formula is C15H21NO2. The van der Waals surface area contributed by atoms with E-state index in [1.807, 2.05) is 25.1 Å². The van der Waals surface area contributed by atoms with Crippen molar-refractivity contribution in [3.63, 3.8) is 0 Å². The monoisotopic (exact) mass is 247 g/mol. The maximum absolute atomic E-state index is 11.8. The maximum atomic E-state index is 11.8. The number of likely N-dealkylation sites (tertiary alicyclic amines) is 1. The van der Waals surface area contributed by atoms with Gasteiger partial charge in [0.15, 0.2) is 5.60 Å². The fraction of sp³-hybridized carbons (Fsp3) is 0.533. The van der Waals surface area contributed by atoms with Crippen LogP contribution in [0.1, 0.15) is 25.8 Å². The number of ether oxygens (including phenoxy) is 1. The number of rotatable bonds is 3. The minimum atomic E-state index is -0.483. The van der Waals surface area contributed by atoms with Gasteiger partial charge < -0.3 is 9.64 Å². The smallest absolute Gasteiger partial charge is 0.306 e. The Morgan fingerprint density at radius 2 is 2.11 bits per heavy atom. The molecule has 2 rings (SSSR count). The second-order valence-electron chi connectivity index (χ2n) is 5.18. The highest BCUT2D eigenvalue weighted by molar-refractivity contribution is 5.69. The van der Waals surface area contributed by atoms with Crippen molar-refractivity contribution in [3.05, 3.63) is 35.9 Å². The third-order valence-corrected chi connectivity index (χ3v) is 3.73. The van der Waals surface area contributed by atoms with Gasteiger partial charge in [-0.15, -0.1) is 0 Å². The largest absolute Gasteiger partial charge is 0.452 e. The van der Waals surface area contributed by atoms with E-state index in [1.54, 1.807) is 0 Å². The van der Waals surface area contributed by atoms with Crippen LogP contribution >= 0.6 is 0 Å². The average Bonchev–Trinajstić information content (AvgIpc) is 2.66. The summed E-state index contributed by atoms with van der Waals surface area (Å²) in [6.07, 6.45) is 0.422. The van der Waals surface area contributed by atoms with Crippen molar-refractivity contribution >= 4 is 5.97 Å². The molecule has 0 N–H and O–H groups in total. The normalized spacial score (nSPS) is 28.3. The van der Waals surface area contributed by atoms with E-state index < -0.39 is 5.60 Å². The first-order chi connectivity index (χ1) is 8.58. The summed E-state index contributed by atoms with van der Waals surface area (Å²) in [4.78, 5) is 14.0. The molecule has 3 heteroatoms. The first kappa shape index (κ1) is 13.1. The highest BCUT2D eigenvalue weighted by Gasteiger charge is 2.47. The summed E-state index contributed by atoms with van der Waals surface area (Å²) in [5.74, 6) is 0.182. The molecule has 18 heavy (non-hydrogen) atoms. The lowest BCUT2D eigenvalue weighted by atomic mass is 9.85. The molecule has 0 aromatic heterocycles. The summed E-state index contributed by atoms with van der Waals surface area (Å²) in [6, 6.07) is 10.1. The van der Waals surface area contributed by atoms with E-state index in [2.05, 4.69) is 31.0 Å². The molecule has 1 fully saturated rings. The van der Waals surface area contributed by atoms with Crippen LogP contribution in [0.3, 0.4) is 0 Å². The first-order valence-electron chi connectivity index (χ1n) is 6.54. The van der Waals surface area contributed by atoms with Gasteiger partial charge in [-0.2, -0.15) is 0 Å². The Morgan fingerprint density at radius 3 is 2.61 bits per heavy atom. The Balaban J connectivity index is 2.37. The van der Waals surface area contributed by atoms with Gasteiger partial charge in [-0.1, -0.05) is 44.2 Å². The maximum Gasteiger partial charge on any atom is 0.306 e. The van der Waals surface area contributed by atoms with Crippen LogP contribution in [-0.4, -0.2) is 31.0 Å². The average molecular weight is 247 g/mol. The van der Waals surface area contributed by atoms with Crippen LogP contribution in [0.2, 0.25) is 0 Å². The van der Waals surface area contributed by atoms with Crippen molar-refractivity contribution in [1.82, 2.24) is 4.90 Å². The number of likely N-dealkylation sites (N-methyl/N-ethyl adjacent to an activating group) is 1. The summed E-state index contributed by atoms with van der Waals surface area (Å²) in [5, 5.41) is 0. The number of esters is 1. The van der Waals surface area contributed by atoms with Gasteiger partial charge in [-0.05, 0) is 12.6 Å². The highest BCUT2D eigenvalue weighted by atomic mass is 16.6. The summed E-state index contributed by atoms with van der Waals surface area (Å²) >= 11 is 0. The third kappa shape index (κ3) is 2.27. The van der Waals surface area contributed by atoms with E-state index in [0.717, 1.165) is 18.7 Å². The van der Waals surface area contributed by atoms with Crippen LogP contribution in [0.5, 0.6) is 0 Å². The Morgan fingerprint density at radius 1 is 1.44 bits per heavy atom. The van der Waals surface area contributed by atoms with Crippen molar-refractivity contribution in [2.45, 2.75) is 25.9 Å². The van der Waals surface area contributed by atoms with Gasteiger partial charge in [0.25, 0.3) is 0 Å². The van der Waals surface area contributed by atoms with Crippen molar-refractivity contribution < 1.29 is 9.53 Å². The van der Waals surface area contributed by atoms with Gasteiger partial charge in [-0.25, -0.2) is 0 Å². The number of nitrogens with zero attached hydrogens (tertiary/aromatic N) is 1. The van der Waals surface area contributed by atoms with Crippen molar-refractivity contribution in [2.75, 3.05) is 20.1 Å². The predicted molar refractivity (Wildman–Crippen MR) is 71.2 cm³/mol. The minimum absolute atomic E-state index is 0.124. The van der Waals surface area contributed by atoms with Gasteiger partial charge in [-0.3, -0.25) is 4.79 Å². The summed E-state index contributed by atoms with van der Waals surface area (Å²) in [6.45, 7) is 5.71. The van der Waals surface area contributed by atoms with E-state index >= 15 is 0 Å². The third-order valence-electron chi connectivity index (χ3n) is 3.73. The molecule has 1 aromatic carbocycles. The van der Waals surface area contributed by atoms with Gasteiger partial charge in [0, 0.05) is 25.4 Å². The Hall–Kier alpha value is -1.35. The fourth-order valence-electron chi connectivity index (χ4n) is 2.80. The molecule has 0 aliphatic carbocycles. The minimum Gasteiger partial charge on any atom is -0.452 e. The lowest BCUT2D eigenvalue weighted by molar-refractivity contribution is -0.163. The van der Waals surface area contributed by atoms with Crippen LogP contribution in [0.4, 0.5) is 0 Å². The molecule has 98 valence electrons. The summed E-state index contributed by atoms with van der Waals surface area (Å²) in [5.41, 5.74) is 0.618. The molecule has 1 aromatic rings. The SMILES string of the molecule is CCC(=O)O[C@@]1(c2ccccc2)CN(C)C[C@H]1C. The quantitative estimate of drug-likeness (QED) is 0.768. The van der Waals surface area contributed by atoms with Gasteiger partial charge in [0.2, 0.25) is 0 Å². The van der Waals surface area contributed by atoms with E-state index in [9.17, 15) is 4.79 Å². The second kappa shape index (κ2) is 5.11. The lowest BCUT2D eigenvalue weighted by Crippen LogP contribution is -2.39. The van der Waals surface area contributed by atoms with Gasteiger partial charge >= 0.3 is 5.97 Å². The van der Waals surface area contributed by atoms with Crippen LogP contribution in [-0.2, 0) is 15.1 Å². The molecular weight excluding hydrogens is 226 g/mol. The van der Waals surface area contributed by atoms with E-state index in [4.69, 9.17) is 4.74 Å². The lowest BCUT2D eigenvalue weighted by Gasteiger charge is -2.33. The molecule has 0 bridgehead atoms. The van der Waals surface area contributed by atoms with Crippen molar-refractivity contribution in [1.29, 1.82) is 0 Å². The van der Waals surface area contributed by atoms with Crippen LogP contribution in [0.25, 0.3) is 0 Å². The summed E-state index contributed by atoms with van der Waals surface area (Å²) in [7, 11) is 2.07. The molecule has 1 heterocycles. The second-order valence-corrected chi connectivity index (χ2v) is 5.18. The molecule has 2 atom stereocenters. The number of hydrogen-bond donors (Lipinski definition) is 0. The van der Waals surface area contributed by atoms with Crippen molar-refractivity contribution in [2.24, 2.45) is 5.92 Å². The number of hydrogen-bond acceptors (Lipinski definition) is 3. The van der Waals surface area contributed by atoms with Crippen LogP contribution < -0.4 is 0 Å². The molecule has 1 aliphatic heterocycles. The zero-order valence-electron chi connectivity index (χ0n) is 11.3. The van der Waals surface area contributed by atoms with Crippen LogP contribution in [0.15, 0.2) is 30.3 Å². The molecule has 0 saturated carbocycles. The van der Waals surface area contributed by atoms with E-state index in [-0.39, 0.29) is 5.97 Å². The highest BCUT2D eigenvalue weighted by Crippen LogP contribution is 2.40. The fourth-order valence-corrected chi connectivity index (χ4v) is 2.80. The predicted octanol–water partition coefficient (Wildman–Crippen LogP) is 2.42.